The molecule has 0 fully saturated rings. The van der Waals surface area contributed by atoms with E-state index < -0.39 is 10.8 Å². The molecule has 0 saturated carbocycles. The van der Waals surface area contributed by atoms with Crippen molar-refractivity contribution in [2.75, 3.05) is 0 Å². The van der Waals surface area contributed by atoms with E-state index in [4.69, 9.17) is 4.42 Å². The standard InChI is InChI=1S/C20H15N7O4/c28-19(13-26-24-20(23-25-26)15-4-2-1-3-5-15)22-21-12-17-10-11-18(31-17)14-6-8-16(9-7-14)27(29)30/h1-12H,13H2,(H,22,28)/b21-12+. The minimum atomic E-state index is -0.468. The Bertz CT molecular complexity index is 1230. The van der Waals surface area contributed by atoms with Gasteiger partial charge >= 0.3 is 0 Å². The monoisotopic (exact) mass is 417 g/mol. The van der Waals surface area contributed by atoms with Crippen molar-refractivity contribution in [1.82, 2.24) is 25.6 Å². The van der Waals surface area contributed by atoms with E-state index >= 15 is 0 Å². The van der Waals surface area contributed by atoms with E-state index in [0.717, 1.165) is 5.56 Å². The Morgan fingerprint density at radius 2 is 1.87 bits per heavy atom. The van der Waals surface area contributed by atoms with Gasteiger partial charge in [0.2, 0.25) is 5.82 Å². The summed E-state index contributed by atoms with van der Waals surface area (Å²) >= 11 is 0. The quantitative estimate of drug-likeness (QED) is 0.277. The molecule has 1 N–H and O–H groups in total. The van der Waals surface area contributed by atoms with Crippen LogP contribution < -0.4 is 5.43 Å². The molecule has 0 bridgehead atoms. The molecule has 2 aromatic carbocycles. The Hall–Kier alpha value is -4.67. The molecule has 1 amide bonds. The molecule has 2 heterocycles. The number of carbonyl (C=O) groups is 1. The van der Waals surface area contributed by atoms with Gasteiger partial charge in [-0.25, -0.2) is 5.43 Å². The Labute approximate surface area is 175 Å². The average molecular weight is 417 g/mol. The molecule has 0 aliphatic rings. The number of hydrogen-bond acceptors (Lipinski definition) is 8. The number of amides is 1. The van der Waals surface area contributed by atoms with E-state index in [2.05, 4.69) is 25.9 Å². The smallest absolute Gasteiger partial charge is 0.269 e. The normalized spacial score (nSPS) is 11.0. The second kappa shape index (κ2) is 8.78. The minimum Gasteiger partial charge on any atom is -0.455 e. The van der Waals surface area contributed by atoms with Crippen LogP contribution in [0.3, 0.4) is 0 Å². The second-order valence-electron chi connectivity index (χ2n) is 6.31. The first-order valence-electron chi connectivity index (χ1n) is 9.08. The fourth-order valence-corrected chi connectivity index (χ4v) is 2.67. The van der Waals surface area contributed by atoms with Crippen molar-refractivity contribution in [2.24, 2.45) is 5.10 Å². The van der Waals surface area contributed by atoms with Gasteiger partial charge in [-0.05, 0) is 29.5 Å². The van der Waals surface area contributed by atoms with Gasteiger partial charge in [-0.2, -0.15) is 9.90 Å². The summed E-state index contributed by atoms with van der Waals surface area (Å²) in [6.07, 6.45) is 1.34. The van der Waals surface area contributed by atoms with E-state index in [9.17, 15) is 14.9 Å². The van der Waals surface area contributed by atoms with Crippen molar-refractivity contribution in [3.8, 4) is 22.7 Å². The van der Waals surface area contributed by atoms with Crippen LogP contribution in [-0.4, -0.2) is 37.3 Å². The molecule has 0 spiro atoms. The third-order valence-electron chi connectivity index (χ3n) is 4.14. The predicted molar refractivity (Wildman–Crippen MR) is 110 cm³/mol. The molecular weight excluding hydrogens is 402 g/mol. The highest BCUT2D eigenvalue weighted by Crippen LogP contribution is 2.24. The number of carbonyl (C=O) groups excluding carboxylic acids is 1. The number of nitrogens with zero attached hydrogens (tertiary/aromatic N) is 6. The second-order valence-corrected chi connectivity index (χ2v) is 6.31. The zero-order valence-corrected chi connectivity index (χ0v) is 16.0. The number of rotatable bonds is 7. The first kappa shape index (κ1) is 19.6. The number of furan rings is 1. The largest absolute Gasteiger partial charge is 0.455 e. The molecule has 4 aromatic rings. The summed E-state index contributed by atoms with van der Waals surface area (Å²) < 4.78 is 5.61. The summed E-state index contributed by atoms with van der Waals surface area (Å²) in [7, 11) is 0. The first-order valence-corrected chi connectivity index (χ1v) is 9.08. The molecule has 4 rings (SSSR count). The van der Waals surface area contributed by atoms with Gasteiger partial charge in [0, 0.05) is 23.3 Å². The summed E-state index contributed by atoms with van der Waals surface area (Å²) in [5.74, 6) is 0.906. The van der Waals surface area contributed by atoms with Crippen LogP contribution in [0.4, 0.5) is 5.69 Å². The lowest BCUT2D eigenvalue weighted by Crippen LogP contribution is -2.24. The maximum atomic E-state index is 12.0. The van der Waals surface area contributed by atoms with Crippen LogP contribution in [0.25, 0.3) is 22.7 Å². The third kappa shape index (κ3) is 4.85. The Kier molecular flexibility index (Phi) is 5.56. The van der Waals surface area contributed by atoms with Crippen LogP contribution in [-0.2, 0) is 11.3 Å². The molecule has 154 valence electrons. The van der Waals surface area contributed by atoms with Crippen molar-refractivity contribution >= 4 is 17.8 Å². The summed E-state index contributed by atoms with van der Waals surface area (Å²) in [4.78, 5) is 23.5. The van der Waals surface area contributed by atoms with Gasteiger partial charge in [0.1, 0.15) is 18.1 Å². The Morgan fingerprint density at radius 1 is 1.10 bits per heavy atom. The molecule has 0 radical (unpaired) electrons. The number of tetrazole rings is 1. The molecule has 2 aromatic heterocycles. The van der Waals surface area contributed by atoms with Crippen molar-refractivity contribution in [3.63, 3.8) is 0 Å². The molecule has 0 aliphatic heterocycles. The maximum absolute atomic E-state index is 12.0. The molecule has 0 unspecified atom stereocenters. The number of nitro groups is 1. The van der Waals surface area contributed by atoms with Gasteiger partial charge < -0.3 is 4.42 Å². The highest BCUT2D eigenvalue weighted by Gasteiger charge is 2.10. The van der Waals surface area contributed by atoms with E-state index in [1.807, 2.05) is 30.3 Å². The van der Waals surface area contributed by atoms with Crippen LogP contribution in [0.2, 0.25) is 0 Å². The fourth-order valence-electron chi connectivity index (χ4n) is 2.67. The minimum absolute atomic E-state index is 0.00225. The van der Waals surface area contributed by atoms with Crippen LogP contribution in [0.5, 0.6) is 0 Å². The summed E-state index contributed by atoms with van der Waals surface area (Å²) in [6, 6.07) is 18.6. The van der Waals surface area contributed by atoms with Crippen LogP contribution in [0, 0.1) is 10.1 Å². The van der Waals surface area contributed by atoms with Crippen molar-refractivity contribution in [3.05, 3.63) is 82.6 Å². The van der Waals surface area contributed by atoms with Gasteiger partial charge in [-0.15, -0.1) is 10.2 Å². The van der Waals surface area contributed by atoms with Gasteiger partial charge in [0.05, 0.1) is 11.1 Å². The van der Waals surface area contributed by atoms with E-state index in [-0.39, 0.29) is 12.2 Å². The number of nitro benzene ring substituents is 1. The maximum Gasteiger partial charge on any atom is 0.269 e. The van der Waals surface area contributed by atoms with Crippen molar-refractivity contribution in [2.45, 2.75) is 6.54 Å². The average Bonchev–Trinajstić information content (AvgIpc) is 3.44. The Morgan fingerprint density at radius 3 is 2.61 bits per heavy atom. The Balaban J connectivity index is 1.32. The van der Waals surface area contributed by atoms with Gasteiger partial charge in [-0.1, -0.05) is 30.3 Å². The van der Waals surface area contributed by atoms with Crippen molar-refractivity contribution < 1.29 is 14.1 Å². The first-order chi connectivity index (χ1) is 15.1. The number of nitrogens with one attached hydrogen (secondary N) is 1. The predicted octanol–water partition coefficient (Wildman–Crippen LogP) is 2.66. The van der Waals surface area contributed by atoms with E-state index in [1.165, 1.54) is 23.1 Å². The summed E-state index contributed by atoms with van der Waals surface area (Å²) in [5.41, 5.74) is 3.84. The van der Waals surface area contributed by atoms with Gasteiger partial charge in [0.15, 0.2) is 0 Å². The van der Waals surface area contributed by atoms with Crippen LogP contribution in [0.1, 0.15) is 5.76 Å². The van der Waals surface area contributed by atoms with E-state index in [0.29, 0.717) is 22.9 Å². The molecular formula is C20H15N7O4. The van der Waals surface area contributed by atoms with Gasteiger partial charge in [0.25, 0.3) is 11.6 Å². The summed E-state index contributed by atoms with van der Waals surface area (Å²) in [5, 5.41) is 26.5. The molecule has 11 heteroatoms. The SMILES string of the molecule is O=C(Cn1nnc(-c2ccccc2)n1)N/N=C/c1ccc(-c2ccc([N+](=O)[O-])cc2)o1. The van der Waals surface area contributed by atoms with Gasteiger partial charge in [-0.3, -0.25) is 14.9 Å². The number of hydrazone groups is 1. The molecule has 0 saturated heterocycles. The molecule has 11 nitrogen and oxygen atoms in total. The number of benzene rings is 2. The van der Waals surface area contributed by atoms with E-state index in [1.54, 1.807) is 24.3 Å². The number of non-ortho nitro benzene ring substituents is 1. The lowest BCUT2D eigenvalue weighted by molar-refractivity contribution is -0.384. The lowest BCUT2D eigenvalue weighted by Gasteiger charge is -1.98. The van der Waals surface area contributed by atoms with Crippen molar-refractivity contribution in [1.29, 1.82) is 0 Å². The number of hydrogen-bond donors (Lipinski definition) is 1. The molecule has 0 aliphatic carbocycles. The lowest BCUT2D eigenvalue weighted by atomic mass is 10.1. The molecule has 31 heavy (non-hydrogen) atoms. The third-order valence-corrected chi connectivity index (χ3v) is 4.14. The zero-order valence-electron chi connectivity index (χ0n) is 16.0. The fraction of sp³-hybridized carbons (Fsp3) is 0.0500. The number of aromatic nitrogens is 4. The summed E-state index contributed by atoms with van der Waals surface area (Å²) in [6.45, 7) is -0.149. The topological polar surface area (TPSA) is 141 Å². The highest BCUT2D eigenvalue weighted by atomic mass is 16.6. The highest BCUT2D eigenvalue weighted by molar-refractivity contribution is 5.80. The van der Waals surface area contributed by atoms with Crippen LogP contribution in [0.15, 0.2) is 76.2 Å². The molecule has 0 atom stereocenters. The zero-order chi connectivity index (χ0) is 21.6. The van der Waals surface area contributed by atoms with Crippen LogP contribution >= 0.6 is 0 Å².